The Labute approximate surface area is 109 Å². The lowest BCUT2D eigenvalue weighted by Crippen LogP contribution is -2.52. The van der Waals surface area contributed by atoms with Gasteiger partial charge in [-0.2, -0.15) is 0 Å². The smallest absolute Gasteiger partial charge is 0.268 e. The molecule has 2 N–H and O–H groups in total. The van der Waals surface area contributed by atoms with Crippen molar-refractivity contribution in [2.45, 2.75) is 11.9 Å². The van der Waals surface area contributed by atoms with Crippen molar-refractivity contribution in [3.63, 3.8) is 0 Å². The largest absolute Gasteiger partial charge is 0.454 e. The highest BCUT2D eigenvalue weighted by Crippen LogP contribution is 2.37. The summed E-state index contributed by atoms with van der Waals surface area (Å²) in [6.45, 7) is 0. The predicted octanol–water partition coefficient (Wildman–Crippen LogP) is 1.47. The molecular weight excluding hydrogens is 244 g/mol. The topological polar surface area (TPSA) is 66.8 Å². The minimum Gasteiger partial charge on any atom is -0.454 e. The van der Waals surface area contributed by atoms with Gasteiger partial charge < -0.3 is 14.9 Å². The average Bonchev–Trinajstić information content (AvgIpc) is 2.46. The van der Waals surface area contributed by atoms with E-state index in [0.29, 0.717) is 5.56 Å². The van der Waals surface area contributed by atoms with E-state index in [0.717, 1.165) is 0 Å². The number of aliphatic hydroxyl groups is 2. The van der Waals surface area contributed by atoms with Crippen LogP contribution >= 0.6 is 0 Å². The lowest BCUT2D eigenvalue weighted by molar-refractivity contribution is -0.203. The second kappa shape index (κ2) is 4.19. The third kappa shape index (κ3) is 1.73. The lowest BCUT2D eigenvalue weighted by Gasteiger charge is -2.37. The number of ketones is 1. The third-order valence-corrected chi connectivity index (χ3v) is 3.22. The van der Waals surface area contributed by atoms with Crippen molar-refractivity contribution < 1.29 is 19.7 Å². The maximum Gasteiger partial charge on any atom is 0.268 e. The summed E-state index contributed by atoms with van der Waals surface area (Å²) >= 11 is 0. The van der Waals surface area contributed by atoms with Gasteiger partial charge in [0.1, 0.15) is 5.75 Å². The van der Waals surface area contributed by atoms with Gasteiger partial charge in [0, 0.05) is 5.56 Å². The number of carbonyl (C=O) groups excluding carboxylic acids is 1. The molecule has 0 radical (unpaired) electrons. The van der Waals surface area contributed by atoms with Crippen LogP contribution in [0.4, 0.5) is 0 Å². The minimum atomic E-state index is -2.05. The van der Waals surface area contributed by atoms with Gasteiger partial charge in [-0.05, 0) is 12.1 Å². The summed E-state index contributed by atoms with van der Waals surface area (Å²) in [5.41, 5.74) is 0.612. The van der Waals surface area contributed by atoms with Crippen LogP contribution in [0.15, 0.2) is 54.6 Å². The number of ether oxygens (including phenoxy) is 1. The zero-order valence-corrected chi connectivity index (χ0v) is 9.98. The SMILES string of the molecule is O=C1c2ccccc2O[C@](O)(c2ccccc2)[C@H]1O. The standard InChI is InChI=1S/C15H12O4/c16-13-11-8-4-5-9-12(11)19-15(18,14(13)17)10-6-2-1-3-7-10/h1-9,14,17-18H/t14-,15+/m0/s1. The molecule has 19 heavy (non-hydrogen) atoms. The van der Waals surface area contributed by atoms with E-state index < -0.39 is 17.7 Å². The predicted molar refractivity (Wildman–Crippen MR) is 67.7 cm³/mol. The molecule has 2 aromatic carbocycles. The Kier molecular flexibility index (Phi) is 2.62. The Morgan fingerprint density at radius 3 is 2.37 bits per heavy atom. The molecule has 2 atom stereocenters. The van der Waals surface area contributed by atoms with Gasteiger partial charge in [0.15, 0.2) is 6.10 Å². The van der Waals surface area contributed by atoms with E-state index in [2.05, 4.69) is 0 Å². The van der Waals surface area contributed by atoms with E-state index >= 15 is 0 Å². The molecule has 0 fully saturated rings. The van der Waals surface area contributed by atoms with Crippen LogP contribution in [0.25, 0.3) is 0 Å². The van der Waals surface area contributed by atoms with Gasteiger partial charge in [0.05, 0.1) is 5.56 Å². The molecule has 1 heterocycles. The number of hydrogen-bond donors (Lipinski definition) is 2. The van der Waals surface area contributed by atoms with E-state index in [9.17, 15) is 15.0 Å². The fourth-order valence-corrected chi connectivity index (χ4v) is 2.20. The van der Waals surface area contributed by atoms with Crippen molar-refractivity contribution in [1.82, 2.24) is 0 Å². The molecule has 0 unspecified atom stereocenters. The Morgan fingerprint density at radius 1 is 1.00 bits per heavy atom. The number of aliphatic hydroxyl groups excluding tert-OH is 1. The molecule has 0 saturated carbocycles. The summed E-state index contributed by atoms with van der Waals surface area (Å²) in [6.07, 6.45) is -1.65. The molecule has 4 heteroatoms. The quantitative estimate of drug-likeness (QED) is 0.810. The number of fused-ring (bicyclic) bond motifs is 1. The maximum absolute atomic E-state index is 12.1. The fourth-order valence-electron chi connectivity index (χ4n) is 2.20. The van der Waals surface area contributed by atoms with E-state index in [4.69, 9.17) is 4.74 Å². The molecule has 1 aliphatic rings. The molecule has 0 amide bonds. The number of para-hydroxylation sites is 1. The van der Waals surface area contributed by atoms with Crippen molar-refractivity contribution in [1.29, 1.82) is 0 Å². The van der Waals surface area contributed by atoms with Crippen molar-refractivity contribution in [3.8, 4) is 5.75 Å². The van der Waals surface area contributed by atoms with Crippen LogP contribution in [-0.4, -0.2) is 22.1 Å². The van der Waals surface area contributed by atoms with Crippen molar-refractivity contribution in [2.75, 3.05) is 0 Å². The van der Waals surface area contributed by atoms with Gasteiger partial charge in [-0.3, -0.25) is 4.79 Å². The van der Waals surface area contributed by atoms with Crippen LogP contribution in [0.2, 0.25) is 0 Å². The molecule has 0 aromatic heterocycles. The van der Waals surface area contributed by atoms with Gasteiger partial charge in [0.25, 0.3) is 5.79 Å². The summed E-state index contributed by atoms with van der Waals surface area (Å²) < 4.78 is 5.47. The number of hydrogen-bond acceptors (Lipinski definition) is 4. The zero-order valence-electron chi connectivity index (χ0n) is 9.98. The summed E-state index contributed by atoms with van der Waals surface area (Å²) in [6, 6.07) is 14.9. The third-order valence-electron chi connectivity index (χ3n) is 3.22. The van der Waals surface area contributed by atoms with Gasteiger partial charge in [-0.25, -0.2) is 0 Å². The summed E-state index contributed by atoms with van der Waals surface area (Å²) in [5.74, 6) is -2.33. The molecule has 2 aromatic rings. The molecule has 3 rings (SSSR count). The highest BCUT2D eigenvalue weighted by molar-refractivity contribution is 6.03. The van der Waals surface area contributed by atoms with Crippen LogP contribution in [0.3, 0.4) is 0 Å². The van der Waals surface area contributed by atoms with E-state index in [-0.39, 0.29) is 11.3 Å². The zero-order chi connectivity index (χ0) is 13.5. The summed E-state index contributed by atoms with van der Waals surface area (Å²) in [7, 11) is 0. The molecule has 0 aliphatic carbocycles. The first-order valence-corrected chi connectivity index (χ1v) is 5.91. The van der Waals surface area contributed by atoms with Crippen molar-refractivity contribution >= 4 is 5.78 Å². The summed E-state index contributed by atoms with van der Waals surface area (Å²) in [4.78, 5) is 12.1. The number of carbonyl (C=O) groups is 1. The lowest BCUT2D eigenvalue weighted by atomic mass is 9.90. The van der Waals surface area contributed by atoms with Gasteiger partial charge >= 0.3 is 0 Å². The second-order valence-corrected chi connectivity index (χ2v) is 4.43. The molecule has 1 aliphatic heterocycles. The molecule has 0 bridgehead atoms. The van der Waals surface area contributed by atoms with E-state index in [1.54, 1.807) is 54.6 Å². The van der Waals surface area contributed by atoms with Crippen LogP contribution in [0.1, 0.15) is 15.9 Å². The van der Waals surface area contributed by atoms with Crippen LogP contribution in [0, 0.1) is 0 Å². The van der Waals surface area contributed by atoms with Crippen molar-refractivity contribution in [3.05, 3.63) is 65.7 Å². The van der Waals surface area contributed by atoms with Crippen LogP contribution < -0.4 is 4.74 Å². The fraction of sp³-hybridized carbons (Fsp3) is 0.133. The maximum atomic E-state index is 12.1. The second-order valence-electron chi connectivity index (χ2n) is 4.43. The molecule has 0 saturated heterocycles. The Bertz CT molecular complexity index is 623. The van der Waals surface area contributed by atoms with E-state index in [1.165, 1.54) is 0 Å². The normalized spacial score (nSPS) is 25.6. The molecule has 96 valence electrons. The number of rotatable bonds is 1. The first-order chi connectivity index (χ1) is 9.13. The molecular formula is C15H12O4. The Hall–Kier alpha value is -2.17. The monoisotopic (exact) mass is 256 g/mol. The highest BCUT2D eigenvalue weighted by atomic mass is 16.6. The van der Waals surface area contributed by atoms with Gasteiger partial charge in [0.2, 0.25) is 5.78 Å². The van der Waals surface area contributed by atoms with Crippen LogP contribution in [0.5, 0.6) is 5.75 Å². The molecule has 0 spiro atoms. The first-order valence-electron chi connectivity index (χ1n) is 5.91. The summed E-state index contributed by atoms with van der Waals surface area (Å²) in [5, 5.41) is 20.6. The van der Waals surface area contributed by atoms with Gasteiger partial charge in [-0.1, -0.05) is 42.5 Å². The minimum absolute atomic E-state index is 0.268. The molecule has 4 nitrogen and oxygen atoms in total. The van der Waals surface area contributed by atoms with E-state index in [1.807, 2.05) is 0 Å². The van der Waals surface area contributed by atoms with Gasteiger partial charge in [-0.15, -0.1) is 0 Å². The number of benzene rings is 2. The van der Waals surface area contributed by atoms with Crippen LogP contribution in [-0.2, 0) is 5.79 Å². The Morgan fingerprint density at radius 2 is 1.63 bits per heavy atom. The Balaban J connectivity index is 2.13. The average molecular weight is 256 g/mol. The van der Waals surface area contributed by atoms with Crippen molar-refractivity contribution in [2.24, 2.45) is 0 Å². The number of Topliss-reactive ketones (excluding diaryl/α,β-unsaturated/α-hetero) is 1. The first kappa shape index (κ1) is 11.9. The highest BCUT2D eigenvalue weighted by Gasteiger charge is 2.49.